The van der Waals surface area contributed by atoms with Crippen LogP contribution in [0.5, 0.6) is 0 Å². The SMILES string of the molecule is O=C(CC1CCN(Cc2ccn(-c3ccc(C(F)(F)F)cc3)c2)CC1)N1CCC2(C=Cc3ccccc32)CC1. The summed E-state index contributed by atoms with van der Waals surface area (Å²) in [5.74, 6) is 0.723. The van der Waals surface area contributed by atoms with E-state index in [1.807, 2.05) is 23.0 Å². The van der Waals surface area contributed by atoms with Gasteiger partial charge < -0.3 is 9.47 Å². The zero-order valence-corrected chi connectivity index (χ0v) is 22.0. The van der Waals surface area contributed by atoms with Crippen LogP contribution in [0.4, 0.5) is 13.2 Å². The Hall–Kier alpha value is -3.32. The molecule has 204 valence electrons. The summed E-state index contributed by atoms with van der Waals surface area (Å²) in [7, 11) is 0. The summed E-state index contributed by atoms with van der Waals surface area (Å²) in [6.07, 6.45) is 8.81. The van der Waals surface area contributed by atoms with E-state index in [4.69, 9.17) is 0 Å². The molecule has 39 heavy (non-hydrogen) atoms. The third kappa shape index (κ3) is 5.42. The standard InChI is InChI=1S/C32H34F3N3O/c33-32(34,35)27-5-7-28(8-6-27)38-18-12-25(23-38)22-36-16-10-24(11-17-36)21-30(39)37-19-14-31(15-20-37)13-9-26-3-1-2-4-29(26)31/h1-9,12-13,18,23-24H,10-11,14-17,19-22H2. The molecule has 2 saturated heterocycles. The molecule has 3 aliphatic rings. The zero-order chi connectivity index (χ0) is 27.0. The first-order valence-corrected chi connectivity index (χ1v) is 13.9. The summed E-state index contributed by atoms with van der Waals surface area (Å²) < 4.78 is 40.4. The lowest BCUT2D eigenvalue weighted by Crippen LogP contribution is -2.45. The van der Waals surface area contributed by atoms with Crippen LogP contribution in [0.15, 0.2) is 73.1 Å². The van der Waals surface area contributed by atoms with Crippen molar-refractivity contribution in [3.63, 3.8) is 0 Å². The highest BCUT2D eigenvalue weighted by molar-refractivity contribution is 5.77. The van der Waals surface area contributed by atoms with Crippen molar-refractivity contribution in [2.24, 2.45) is 5.92 Å². The van der Waals surface area contributed by atoms with Crippen molar-refractivity contribution in [2.45, 2.75) is 50.2 Å². The first kappa shape index (κ1) is 25.9. The molecule has 0 atom stereocenters. The number of hydrogen-bond donors (Lipinski definition) is 0. The van der Waals surface area contributed by atoms with Gasteiger partial charge >= 0.3 is 6.18 Å². The second-order valence-electron chi connectivity index (χ2n) is 11.4. The van der Waals surface area contributed by atoms with Gasteiger partial charge in [0.25, 0.3) is 0 Å². The van der Waals surface area contributed by atoms with Gasteiger partial charge in [-0.1, -0.05) is 36.4 Å². The van der Waals surface area contributed by atoms with E-state index in [-0.39, 0.29) is 5.41 Å². The van der Waals surface area contributed by atoms with Crippen LogP contribution < -0.4 is 0 Å². The molecule has 1 aliphatic carbocycles. The summed E-state index contributed by atoms with van der Waals surface area (Å²) in [4.78, 5) is 17.6. The van der Waals surface area contributed by atoms with Crippen LogP contribution in [0, 0.1) is 5.92 Å². The molecule has 0 saturated carbocycles. The van der Waals surface area contributed by atoms with Gasteiger partial charge in [0, 0.05) is 49.6 Å². The van der Waals surface area contributed by atoms with Crippen LogP contribution in [0.1, 0.15) is 54.4 Å². The molecule has 0 unspecified atom stereocenters. The molecule has 0 radical (unpaired) electrons. The summed E-state index contributed by atoms with van der Waals surface area (Å²) >= 11 is 0. The van der Waals surface area contributed by atoms with E-state index >= 15 is 0 Å². The summed E-state index contributed by atoms with van der Waals surface area (Å²) in [6, 6.07) is 15.9. The number of likely N-dealkylation sites (tertiary alicyclic amines) is 2. The lowest BCUT2D eigenvalue weighted by atomic mass is 9.74. The highest BCUT2D eigenvalue weighted by Gasteiger charge is 2.39. The number of halogens is 3. The summed E-state index contributed by atoms with van der Waals surface area (Å²) in [5, 5.41) is 0. The van der Waals surface area contributed by atoms with Crippen molar-refractivity contribution in [3.05, 3.63) is 95.3 Å². The van der Waals surface area contributed by atoms with Gasteiger partial charge in [0.05, 0.1) is 5.56 Å². The van der Waals surface area contributed by atoms with Crippen LogP contribution in [0.3, 0.4) is 0 Å². The minimum absolute atomic E-state index is 0.101. The number of aromatic nitrogens is 1. The van der Waals surface area contributed by atoms with Crippen LogP contribution in [-0.2, 0) is 22.9 Å². The van der Waals surface area contributed by atoms with E-state index in [9.17, 15) is 18.0 Å². The molecule has 2 fully saturated rings. The maximum absolute atomic E-state index is 13.1. The molecular formula is C32H34F3N3O. The average Bonchev–Trinajstić information content (AvgIpc) is 3.55. The average molecular weight is 534 g/mol. The number of allylic oxidation sites excluding steroid dienone is 1. The smallest absolute Gasteiger partial charge is 0.343 e. The largest absolute Gasteiger partial charge is 0.416 e. The number of carbonyl (C=O) groups excluding carboxylic acids is 1. The Labute approximate surface area is 227 Å². The minimum Gasteiger partial charge on any atom is -0.343 e. The fraction of sp³-hybridized carbons (Fsp3) is 0.406. The number of amides is 1. The molecular weight excluding hydrogens is 499 g/mol. The second kappa shape index (κ2) is 10.3. The molecule has 7 heteroatoms. The van der Waals surface area contributed by atoms with Crippen LogP contribution in [0.2, 0.25) is 0 Å². The van der Waals surface area contributed by atoms with Crippen molar-refractivity contribution in [2.75, 3.05) is 26.2 Å². The molecule has 6 rings (SSSR count). The second-order valence-corrected chi connectivity index (χ2v) is 11.4. The molecule has 2 aromatic carbocycles. The first-order chi connectivity index (χ1) is 18.8. The number of piperidine rings is 2. The molecule has 0 N–H and O–H groups in total. The fourth-order valence-electron chi connectivity index (χ4n) is 6.53. The van der Waals surface area contributed by atoms with Gasteiger partial charge in [0.1, 0.15) is 0 Å². The third-order valence-corrected chi connectivity index (χ3v) is 8.91. The number of rotatable bonds is 5. The van der Waals surface area contributed by atoms with Gasteiger partial charge in [0.15, 0.2) is 0 Å². The van der Waals surface area contributed by atoms with Gasteiger partial charge in [-0.25, -0.2) is 0 Å². The monoisotopic (exact) mass is 533 g/mol. The normalized spacial score (nSPS) is 19.5. The van der Waals surface area contributed by atoms with E-state index in [1.165, 1.54) is 23.3 Å². The van der Waals surface area contributed by atoms with Crippen molar-refractivity contribution < 1.29 is 18.0 Å². The number of fused-ring (bicyclic) bond motifs is 2. The molecule has 4 nitrogen and oxygen atoms in total. The highest BCUT2D eigenvalue weighted by atomic mass is 19.4. The predicted octanol–water partition coefficient (Wildman–Crippen LogP) is 6.69. The van der Waals surface area contributed by atoms with Crippen molar-refractivity contribution in [1.82, 2.24) is 14.4 Å². The Morgan fingerprint density at radius 1 is 0.923 bits per heavy atom. The quantitative estimate of drug-likeness (QED) is 0.366. The Morgan fingerprint density at radius 3 is 2.36 bits per heavy atom. The Kier molecular flexibility index (Phi) is 6.88. The van der Waals surface area contributed by atoms with E-state index in [2.05, 4.69) is 46.2 Å². The van der Waals surface area contributed by atoms with Crippen LogP contribution in [0.25, 0.3) is 11.8 Å². The van der Waals surface area contributed by atoms with Crippen molar-refractivity contribution in [1.29, 1.82) is 0 Å². The summed E-state index contributed by atoms with van der Waals surface area (Å²) in [6.45, 7) is 4.36. The van der Waals surface area contributed by atoms with E-state index in [1.54, 1.807) is 0 Å². The van der Waals surface area contributed by atoms with E-state index in [0.717, 1.165) is 76.1 Å². The van der Waals surface area contributed by atoms with Gasteiger partial charge in [-0.15, -0.1) is 0 Å². The molecule has 1 amide bonds. The Bertz CT molecular complexity index is 1340. The van der Waals surface area contributed by atoms with Gasteiger partial charge in [0.2, 0.25) is 5.91 Å². The Balaban J connectivity index is 0.961. The number of hydrogen-bond acceptors (Lipinski definition) is 2. The molecule has 1 aromatic heterocycles. The van der Waals surface area contributed by atoms with E-state index < -0.39 is 11.7 Å². The molecule has 3 heterocycles. The van der Waals surface area contributed by atoms with E-state index in [0.29, 0.717) is 23.9 Å². The molecule has 1 spiro atoms. The van der Waals surface area contributed by atoms with Crippen LogP contribution in [-0.4, -0.2) is 46.5 Å². The zero-order valence-electron chi connectivity index (χ0n) is 22.0. The maximum Gasteiger partial charge on any atom is 0.416 e. The van der Waals surface area contributed by atoms with Gasteiger partial charge in [-0.2, -0.15) is 13.2 Å². The van der Waals surface area contributed by atoms with Gasteiger partial charge in [-0.3, -0.25) is 9.69 Å². The van der Waals surface area contributed by atoms with Crippen molar-refractivity contribution in [3.8, 4) is 5.69 Å². The molecule has 0 bridgehead atoms. The van der Waals surface area contributed by atoms with Gasteiger partial charge in [-0.05, 0) is 91.7 Å². The minimum atomic E-state index is -4.33. The molecule has 2 aliphatic heterocycles. The fourth-order valence-corrected chi connectivity index (χ4v) is 6.53. The first-order valence-electron chi connectivity index (χ1n) is 13.9. The number of benzene rings is 2. The predicted molar refractivity (Wildman–Crippen MR) is 146 cm³/mol. The highest BCUT2D eigenvalue weighted by Crippen LogP contribution is 2.43. The summed E-state index contributed by atoms with van der Waals surface area (Å²) in [5.41, 5.74) is 4.04. The lowest BCUT2D eigenvalue weighted by molar-refractivity contribution is -0.137. The molecule has 3 aromatic rings. The maximum atomic E-state index is 13.1. The lowest BCUT2D eigenvalue weighted by Gasteiger charge is -2.40. The topological polar surface area (TPSA) is 28.5 Å². The Morgan fingerprint density at radius 2 is 1.64 bits per heavy atom. The number of alkyl halides is 3. The number of nitrogens with zero attached hydrogens (tertiary/aromatic N) is 3. The van der Waals surface area contributed by atoms with Crippen LogP contribution >= 0.6 is 0 Å². The third-order valence-electron chi connectivity index (χ3n) is 8.91. The number of carbonyl (C=O) groups is 1. The van der Waals surface area contributed by atoms with Crippen molar-refractivity contribution >= 4 is 12.0 Å².